The zero-order chi connectivity index (χ0) is 25.4. The Morgan fingerprint density at radius 1 is 0.657 bits per heavy atom. The molecular formula is C29H54O6. The van der Waals surface area contributed by atoms with Gasteiger partial charge in [-0.3, -0.25) is 9.59 Å². The Balaban J connectivity index is 1.85. The zero-order valence-corrected chi connectivity index (χ0v) is 22.4. The van der Waals surface area contributed by atoms with Crippen LogP contribution in [0.1, 0.15) is 148 Å². The summed E-state index contributed by atoms with van der Waals surface area (Å²) in [6.45, 7) is 0.448. The minimum Gasteiger partial charge on any atom is -0.481 e. The molecule has 0 aliphatic carbocycles. The lowest BCUT2D eigenvalue weighted by atomic mass is 9.91. The highest BCUT2D eigenvalue weighted by molar-refractivity contribution is 5.69. The third-order valence-corrected chi connectivity index (χ3v) is 7.41. The van der Waals surface area contributed by atoms with Crippen molar-refractivity contribution in [3.63, 3.8) is 0 Å². The second-order valence-electron chi connectivity index (χ2n) is 10.4. The Labute approximate surface area is 214 Å². The van der Waals surface area contributed by atoms with Crippen molar-refractivity contribution in [2.75, 3.05) is 13.4 Å². The monoisotopic (exact) mass is 498 g/mol. The third-order valence-electron chi connectivity index (χ3n) is 7.41. The van der Waals surface area contributed by atoms with Gasteiger partial charge in [0.05, 0.1) is 6.10 Å². The highest BCUT2D eigenvalue weighted by Gasteiger charge is 2.26. The summed E-state index contributed by atoms with van der Waals surface area (Å²) in [6.07, 6.45) is 26.9. The van der Waals surface area contributed by atoms with Crippen LogP contribution < -0.4 is 0 Å². The number of ether oxygens (including phenoxy) is 2. The quantitative estimate of drug-likeness (QED) is 0.0766. The van der Waals surface area contributed by atoms with Crippen LogP contribution in [0.3, 0.4) is 0 Å². The van der Waals surface area contributed by atoms with E-state index in [9.17, 15) is 9.59 Å². The van der Waals surface area contributed by atoms with Crippen LogP contribution in [0.4, 0.5) is 0 Å². The van der Waals surface area contributed by atoms with Crippen LogP contribution in [0.2, 0.25) is 0 Å². The smallest absolute Gasteiger partial charge is 0.307 e. The molecule has 0 amide bonds. The number of aliphatic carboxylic acids is 1. The first-order valence-corrected chi connectivity index (χ1v) is 14.7. The van der Waals surface area contributed by atoms with E-state index in [1.54, 1.807) is 0 Å². The molecule has 0 aromatic rings. The Bertz CT molecular complexity index is 509. The van der Waals surface area contributed by atoms with Gasteiger partial charge in [0.2, 0.25) is 0 Å². The molecule has 35 heavy (non-hydrogen) atoms. The van der Waals surface area contributed by atoms with E-state index in [1.165, 1.54) is 109 Å². The maximum Gasteiger partial charge on any atom is 0.307 e. The average Bonchev–Trinajstić information content (AvgIpc) is 3.28. The molecule has 6 nitrogen and oxygen atoms in total. The van der Waals surface area contributed by atoms with Gasteiger partial charge in [-0.2, -0.15) is 0 Å². The predicted molar refractivity (Wildman–Crippen MR) is 140 cm³/mol. The van der Waals surface area contributed by atoms with Crippen LogP contribution in [0, 0.1) is 5.92 Å². The lowest BCUT2D eigenvalue weighted by Gasteiger charge is -2.18. The van der Waals surface area contributed by atoms with Crippen molar-refractivity contribution in [1.82, 2.24) is 0 Å². The zero-order valence-electron chi connectivity index (χ0n) is 22.4. The van der Waals surface area contributed by atoms with Gasteiger partial charge in [0, 0.05) is 19.4 Å². The number of carboxylic acids is 1. The van der Waals surface area contributed by atoms with Crippen LogP contribution in [-0.4, -0.2) is 41.7 Å². The maximum atomic E-state index is 11.1. The number of hydrogen-bond acceptors (Lipinski definition) is 5. The molecule has 2 atom stereocenters. The number of hydrogen-bond donors (Lipinski definition) is 2. The number of carbonyl (C=O) groups is 2. The molecule has 1 aliphatic rings. The van der Waals surface area contributed by atoms with Gasteiger partial charge in [0.15, 0.2) is 6.79 Å². The molecular weight excluding hydrogens is 444 g/mol. The fraction of sp³-hybridized carbons (Fsp3) is 0.931. The normalized spacial score (nSPS) is 17.6. The van der Waals surface area contributed by atoms with E-state index in [2.05, 4.69) is 4.74 Å². The number of carbonyl (C=O) groups excluding carboxylic acids is 1. The number of carboxylic acid groups (broad SMARTS) is 1. The fourth-order valence-electron chi connectivity index (χ4n) is 5.26. The average molecular weight is 499 g/mol. The summed E-state index contributed by atoms with van der Waals surface area (Å²) in [5, 5.41) is 17.2. The van der Waals surface area contributed by atoms with Crippen molar-refractivity contribution in [3.05, 3.63) is 0 Å². The molecule has 0 bridgehead atoms. The lowest BCUT2D eigenvalue weighted by Crippen LogP contribution is -2.15. The van der Waals surface area contributed by atoms with Crippen LogP contribution in [-0.2, 0) is 19.1 Å². The summed E-state index contributed by atoms with van der Waals surface area (Å²) in [5.74, 6) is -0.187. The topological polar surface area (TPSA) is 93.1 Å². The van der Waals surface area contributed by atoms with Gasteiger partial charge < -0.3 is 19.7 Å². The summed E-state index contributed by atoms with van der Waals surface area (Å²) >= 11 is 0. The number of esters is 1. The van der Waals surface area contributed by atoms with Crippen LogP contribution in [0.5, 0.6) is 0 Å². The van der Waals surface area contributed by atoms with Crippen LogP contribution in [0.15, 0.2) is 0 Å². The minimum atomic E-state index is -0.669. The van der Waals surface area contributed by atoms with Gasteiger partial charge in [-0.15, -0.1) is 0 Å². The number of unbranched alkanes of at least 4 members (excludes halogenated alkanes) is 16. The van der Waals surface area contributed by atoms with E-state index in [1.807, 2.05) is 0 Å². The third kappa shape index (κ3) is 19.7. The largest absolute Gasteiger partial charge is 0.481 e. The molecule has 0 saturated carbocycles. The van der Waals surface area contributed by atoms with E-state index in [-0.39, 0.29) is 5.97 Å². The molecule has 2 unspecified atom stereocenters. The summed E-state index contributed by atoms with van der Waals surface area (Å²) < 4.78 is 10.6. The molecule has 1 fully saturated rings. The SMILES string of the molecule is O=C(O)CCCCCCCCCCCC1CCOC1CCCCCCCCCCCC(=O)OCO. The highest BCUT2D eigenvalue weighted by Crippen LogP contribution is 2.30. The van der Waals surface area contributed by atoms with Gasteiger partial charge in [-0.05, 0) is 38.0 Å². The van der Waals surface area contributed by atoms with E-state index >= 15 is 0 Å². The highest BCUT2D eigenvalue weighted by atomic mass is 16.6. The molecule has 6 heteroatoms. The van der Waals surface area contributed by atoms with E-state index in [0.29, 0.717) is 18.9 Å². The molecule has 1 heterocycles. The lowest BCUT2D eigenvalue weighted by molar-refractivity contribution is -0.151. The standard InChI is InChI=1S/C29H54O6/c30-25-35-29(33)22-18-14-10-6-2-4-8-12-16-20-27-26(23-24-34-27)19-15-11-7-3-1-5-9-13-17-21-28(31)32/h26-27,30H,1-25H2,(H,31,32). The van der Waals surface area contributed by atoms with Gasteiger partial charge in [-0.1, -0.05) is 103 Å². The Morgan fingerprint density at radius 2 is 1.11 bits per heavy atom. The number of aliphatic hydroxyl groups excluding tert-OH is 1. The van der Waals surface area contributed by atoms with Gasteiger partial charge in [0.25, 0.3) is 0 Å². The Hall–Kier alpha value is -1.14. The number of aliphatic hydroxyl groups is 1. The summed E-state index contributed by atoms with van der Waals surface area (Å²) in [6, 6.07) is 0. The van der Waals surface area contributed by atoms with E-state index < -0.39 is 12.8 Å². The Morgan fingerprint density at radius 3 is 1.63 bits per heavy atom. The molecule has 206 valence electrons. The summed E-state index contributed by atoms with van der Waals surface area (Å²) in [4.78, 5) is 21.6. The van der Waals surface area contributed by atoms with Crippen molar-refractivity contribution in [3.8, 4) is 0 Å². The molecule has 2 N–H and O–H groups in total. The molecule has 0 aromatic heterocycles. The first-order valence-electron chi connectivity index (χ1n) is 14.7. The second kappa shape index (κ2) is 23.3. The van der Waals surface area contributed by atoms with E-state index in [4.69, 9.17) is 14.9 Å². The van der Waals surface area contributed by atoms with Crippen molar-refractivity contribution < 1.29 is 29.3 Å². The minimum absolute atomic E-state index is 0.296. The first kappa shape index (κ1) is 31.9. The van der Waals surface area contributed by atoms with Crippen molar-refractivity contribution in [1.29, 1.82) is 0 Å². The molecule has 1 rings (SSSR count). The van der Waals surface area contributed by atoms with Crippen molar-refractivity contribution in [2.24, 2.45) is 5.92 Å². The van der Waals surface area contributed by atoms with Crippen LogP contribution >= 0.6 is 0 Å². The molecule has 0 aromatic carbocycles. The van der Waals surface area contributed by atoms with Gasteiger partial charge in [0.1, 0.15) is 0 Å². The molecule has 0 radical (unpaired) electrons. The second-order valence-corrected chi connectivity index (χ2v) is 10.4. The first-order chi connectivity index (χ1) is 17.1. The fourth-order valence-corrected chi connectivity index (χ4v) is 5.26. The molecule has 1 saturated heterocycles. The molecule has 0 spiro atoms. The summed E-state index contributed by atoms with van der Waals surface area (Å²) in [5.41, 5.74) is 0. The van der Waals surface area contributed by atoms with Crippen LogP contribution in [0.25, 0.3) is 0 Å². The maximum absolute atomic E-state index is 11.1. The van der Waals surface area contributed by atoms with Gasteiger partial charge >= 0.3 is 11.9 Å². The van der Waals surface area contributed by atoms with Crippen molar-refractivity contribution in [2.45, 2.75) is 154 Å². The van der Waals surface area contributed by atoms with E-state index in [0.717, 1.165) is 38.2 Å². The number of rotatable bonds is 25. The van der Waals surface area contributed by atoms with Gasteiger partial charge in [-0.25, -0.2) is 0 Å². The molecule has 1 aliphatic heterocycles. The summed E-state index contributed by atoms with van der Waals surface area (Å²) in [7, 11) is 0. The van der Waals surface area contributed by atoms with Crippen molar-refractivity contribution >= 4 is 11.9 Å². The predicted octanol–water partition coefficient (Wildman–Crippen LogP) is 7.55. The Kier molecular flexibility index (Phi) is 21.2.